The second-order valence-electron chi connectivity index (χ2n) is 6.64. The Labute approximate surface area is 161 Å². The Hall–Kier alpha value is -2.18. The fourth-order valence-corrected chi connectivity index (χ4v) is 5.01. The molecule has 3 aromatic rings. The van der Waals surface area contributed by atoms with E-state index in [1.165, 1.54) is 17.0 Å². The van der Waals surface area contributed by atoms with Gasteiger partial charge in [0.15, 0.2) is 0 Å². The zero-order valence-electron chi connectivity index (χ0n) is 14.7. The number of rotatable bonds is 5. The van der Waals surface area contributed by atoms with Gasteiger partial charge in [0.1, 0.15) is 10.7 Å². The summed E-state index contributed by atoms with van der Waals surface area (Å²) in [5, 5.41) is 4.83. The van der Waals surface area contributed by atoms with Crippen LogP contribution in [-0.4, -0.2) is 42.5 Å². The standard InChI is InChI=1S/C20H21N3OS2/c1-22(12-15-9-10-23(13-15)16-6-3-2-4-7-16)20(24)17-14-26-19(21-17)18-8-5-11-25-18/h2-8,11,14-15H,9-10,12-13H2,1H3. The van der Waals surface area contributed by atoms with E-state index in [-0.39, 0.29) is 5.91 Å². The van der Waals surface area contributed by atoms with Crippen LogP contribution in [0.25, 0.3) is 9.88 Å². The molecule has 1 saturated heterocycles. The van der Waals surface area contributed by atoms with Gasteiger partial charge in [0.25, 0.3) is 5.91 Å². The molecule has 1 aliphatic rings. The Kier molecular flexibility index (Phi) is 5.04. The van der Waals surface area contributed by atoms with Gasteiger partial charge < -0.3 is 9.80 Å². The third kappa shape index (κ3) is 3.66. The van der Waals surface area contributed by atoms with E-state index in [1.54, 1.807) is 11.3 Å². The first kappa shape index (κ1) is 17.2. The molecule has 1 aromatic carbocycles. The SMILES string of the molecule is CN(CC1CCN(c2ccccc2)C1)C(=O)c1csc(-c2cccs2)n1. The van der Waals surface area contributed by atoms with Gasteiger partial charge in [0, 0.05) is 37.7 Å². The Bertz CT molecular complexity index is 860. The van der Waals surface area contributed by atoms with Gasteiger partial charge in [-0.3, -0.25) is 4.79 Å². The first-order valence-corrected chi connectivity index (χ1v) is 10.5. The van der Waals surface area contributed by atoms with Crippen molar-refractivity contribution < 1.29 is 4.79 Å². The molecule has 3 heterocycles. The number of anilines is 1. The summed E-state index contributed by atoms with van der Waals surface area (Å²) in [7, 11) is 1.89. The van der Waals surface area contributed by atoms with E-state index in [9.17, 15) is 4.79 Å². The molecule has 1 amide bonds. The molecule has 4 nitrogen and oxygen atoms in total. The number of thiazole rings is 1. The van der Waals surface area contributed by atoms with Gasteiger partial charge >= 0.3 is 0 Å². The molecule has 1 fully saturated rings. The zero-order chi connectivity index (χ0) is 17.9. The van der Waals surface area contributed by atoms with E-state index in [2.05, 4.69) is 34.1 Å². The summed E-state index contributed by atoms with van der Waals surface area (Å²) in [5.74, 6) is 0.516. The van der Waals surface area contributed by atoms with Crippen LogP contribution in [0.2, 0.25) is 0 Å². The van der Waals surface area contributed by atoms with Gasteiger partial charge in [-0.25, -0.2) is 4.98 Å². The second kappa shape index (κ2) is 7.60. The minimum Gasteiger partial charge on any atom is -0.371 e. The average molecular weight is 384 g/mol. The highest BCUT2D eigenvalue weighted by Crippen LogP contribution is 2.28. The molecule has 2 aromatic heterocycles. The average Bonchev–Trinajstić information content (AvgIpc) is 3.42. The molecule has 0 bridgehead atoms. The molecule has 0 N–H and O–H groups in total. The van der Waals surface area contributed by atoms with E-state index < -0.39 is 0 Å². The predicted molar refractivity (Wildman–Crippen MR) is 109 cm³/mol. The van der Waals surface area contributed by atoms with Crippen LogP contribution in [0.4, 0.5) is 5.69 Å². The van der Waals surface area contributed by atoms with E-state index in [4.69, 9.17) is 0 Å². The lowest BCUT2D eigenvalue weighted by molar-refractivity contribution is 0.0771. The third-order valence-corrected chi connectivity index (χ3v) is 6.62. The van der Waals surface area contributed by atoms with Crippen molar-refractivity contribution in [3.05, 3.63) is 58.9 Å². The normalized spacial score (nSPS) is 16.8. The molecule has 4 rings (SSSR count). The van der Waals surface area contributed by atoms with E-state index in [0.29, 0.717) is 11.6 Å². The van der Waals surface area contributed by atoms with Crippen molar-refractivity contribution >= 4 is 34.3 Å². The van der Waals surface area contributed by atoms with Crippen molar-refractivity contribution in [2.24, 2.45) is 5.92 Å². The van der Waals surface area contributed by atoms with Gasteiger partial charge in [-0.1, -0.05) is 24.3 Å². The Morgan fingerprint density at radius 3 is 2.85 bits per heavy atom. The molecule has 26 heavy (non-hydrogen) atoms. The summed E-state index contributed by atoms with van der Waals surface area (Å²) in [6.45, 7) is 2.82. The maximum Gasteiger partial charge on any atom is 0.273 e. The van der Waals surface area contributed by atoms with Crippen LogP contribution < -0.4 is 4.90 Å². The second-order valence-corrected chi connectivity index (χ2v) is 8.44. The maximum atomic E-state index is 12.7. The maximum absolute atomic E-state index is 12.7. The number of carbonyl (C=O) groups excluding carboxylic acids is 1. The number of hydrogen-bond donors (Lipinski definition) is 0. The monoisotopic (exact) mass is 383 g/mol. The smallest absolute Gasteiger partial charge is 0.273 e. The molecule has 1 unspecified atom stereocenters. The lowest BCUT2D eigenvalue weighted by Gasteiger charge is -2.22. The van der Waals surface area contributed by atoms with E-state index >= 15 is 0 Å². The fourth-order valence-electron chi connectivity index (χ4n) is 3.41. The van der Waals surface area contributed by atoms with Gasteiger partial charge in [-0.15, -0.1) is 22.7 Å². The summed E-state index contributed by atoms with van der Waals surface area (Å²) in [6.07, 6.45) is 1.12. The molecule has 0 saturated carbocycles. The van der Waals surface area contributed by atoms with Crippen molar-refractivity contribution in [2.75, 3.05) is 31.6 Å². The molecular formula is C20H21N3OS2. The first-order chi connectivity index (χ1) is 12.7. The lowest BCUT2D eigenvalue weighted by atomic mass is 10.1. The minimum atomic E-state index is 0.0159. The molecule has 0 aliphatic carbocycles. The quantitative estimate of drug-likeness (QED) is 0.652. The highest BCUT2D eigenvalue weighted by molar-refractivity contribution is 7.20. The molecule has 0 radical (unpaired) electrons. The van der Waals surface area contributed by atoms with Crippen LogP contribution in [0, 0.1) is 5.92 Å². The molecule has 134 valence electrons. The summed E-state index contributed by atoms with van der Waals surface area (Å²) < 4.78 is 0. The highest BCUT2D eigenvalue weighted by Gasteiger charge is 2.26. The molecule has 1 aliphatic heterocycles. The van der Waals surface area contributed by atoms with Crippen molar-refractivity contribution in [3.8, 4) is 9.88 Å². The van der Waals surface area contributed by atoms with Crippen LogP contribution in [0.1, 0.15) is 16.9 Å². The van der Waals surface area contributed by atoms with Crippen molar-refractivity contribution in [3.63, 3.8) is 0 Å². The van der Waals surface area contributed by atoms with Gasteiger partial charge in [0.05, 0.1) is 4.88 Å². The summed E-state index contributed by atoms with van der Waals surface area (Å²) in [5.41, 5.74) is 1.82. The number of aromatic nitrogens is 1. The van der Waals surface area contributed by atoms with Crippen molar-refractivity contribution in [1.29, 1.82) is 0 Å². The number of thiophene rings is 1. The number of benzene rings is 1. The van der Waals surface area contributed by atoms with E-state index in [1.807, 2.05) is 40.9 Å². The first-order valence-electron chi connectivity index (χ1n) is 8.75. The van der Waals surface area contributed by atoms with Crippen molar-refractivity contribution in [2.45, 2.75) is 6.42 Å². The predicted octanol–water partition coefficient (Wildman–Crippen LogP) is 4.47. The topological polar surface area (TPSA) is 36.4 Å². The van der Waals surface area contributed by atoms with Gasteiger partial charge in [-0.2, -0.15) is 0 Å². The van der Waals surface area contributed by atoms with Crippen molar-refractivity contribution in [1.82, 2.24) is 9.88 Å². The highest BCUT2D eigenvalue weighted by atomic mass is 32.1. The number of carbonyl (C=O) groups is 1. The van der Waals surface area contributed by atoms with Gasteiger partial charge in [0.2, 0.25) is 0 Å². The van der Waals surface area contributed by atoms with Gasteiger partial charge in [-0.05, 0) is 35.9 Å². The molecule has 1 atom stereocenters. The molecule has 6 heteroatoms. The fraction of sp³-hybridized carbons (Fsp3) is 0.300. The number of hydrogen-bond acceptors (Lipinski definition) is 5. The molecular weight excluding hydrogens is 362 g/mol. The van der Waals surface area contributed by atoms with E-state index in [0.717, 1.165) is 35.9 Å². The minimum absolute atomic E-state index is 0.0159. The Morgan fingerprint density at radius 2 is 2.08 bits per heavy atom. The van der Waals surface area contributed by atoms with Crippen LogP contribution in [0.5, 0.6) is 0 Å². The number of para-hydroxylation sites is 1. The summed E-state index contributed by atoms with van der Waals surface area (Å²) in [6, 6.07) is 14.5. The Balaban J connectivity index is 1.36. The third-order valence-electron chi connectivity index (χ3n) is 4.74. The van der Waals surface area contributed by atoms with Crippen LogP contribution in [0.15, 0.2) is 53.2 Å². The number of amides is 1. The summed E-state index contributed by atoms with van der Waals surface area (Å²) in [4.78, 5) is 22.6. The lowest BCUT2D eigenvalue weighted by Crippen LogP contribution is -2.33. The Morgan fingerprint density at radius 1 is 1.23 bits per heavy atom. The van der Waals surface area contributed by atoms with Crippen LogP contribution >= 0.6 is 22.7 Å². The zero-order valence-corrected chi connectivity index (χ0v) is 16.3. The number of nitrogens with zero attached hydrogens (tertiary/aromatic N) is 3. The largest absolute Gasteiger partial charge is 0.371 e. The summed E-state index contributed by atoms with van der Waals surface area (Å²) >= 11 is 3.19. The molecule has 0 spiro atoms. The van der Waals surface area contributed by atoms with Crippen LogP contribution in [-0.2, 0) is 0 Å². The van der Waals surface area contributed by atoms with Crippen LogP contribution in [0.3, 0.4) is 0 Å².